The lowest BCUT2D eigenvalue weighted by Crippen LogP contribution is -2.41. The molecule has 0 radical (unpaired) electrons. The predicted molar refractivity (Wildman–Crippen MR) is 114 cm³/mol. The minimum atomic E-state index is -3.71. The van der Waals surface area contributed by atoms with E-state index in [9.17, 15) is 18.0 Å². The van der Waals surface area contributed by atoms with E-state index in [4.69, 9.17) is 4.74 Å². The molecule has 2 aliphatic rings. The van der Waals surface area contributed by atoms with Gasteiger partial charge in [-0.2, -0.15) is 0 Å². The number of hydrogen-bond donors (Lipinski definition) is 1. The van der Waals surface area contributed by atoms with E-state index in [1.807, 2.05) is 4.90 Å². The Hall–Kier alpha value is -2.13. The van der Waals surface area contributed by atoms with E-state index in [0.717, 1.165) is 55.9 Å². The number of carbonyl (C=O) groups is 2. The van der Waals surface area contributed by atoms with Crippen molar-refractivity contribution in [1.82, 2.24) is 9.62 Å². The molecule has 3 rings (SSSR count). The highest BCUT2D eigenvalue weighted by Gasteiger charge is 2.28. The standard InChI is InChI=1S/C21H31N3O5S/c1-15(20(25)22-16-8-4-5-9-16)29-21(26)18-14-17(30(27,28)23(2)3)10-11-19(18)24-12-6-7-13-24/h10-11,14-16H,4-9,12-13H2,1-3H3,(H,22,25). The van der Waals surface area contributed by atoms with Crippen LogP contribution in [-0.2, 0) is 19.6 Å². The van der Waals surface area contributed by atoms with Crippen molar-refractivity contribution in [2.75, 3.05) is 32.1 Å². The summed E-state index contributed by atoms with van der Waals surface area (Å²) in [4.78, 5) is 27.5. The molecule has 1 aliphatic carbocycles. The number of amides is 1. The number of rotatable bonds is 7. The van der Waals surface area contributed by atoms with E-state index in [1.54, 1.807) is 6.07 Å². The number of sulfonamides is 1. The Morgan fingerprint density at radius 3 is 2.37 bits per heavy atom. The lowest BCUT2D eigenvalue weighted by molar-refractivity contribution is -0.129. The van der Waals surface area contributed by atoms with Gasteiger partial charge in [-0.3, -0.25) is 4.79 Å². The number of anilines is 1. The normalized spacial score (nSPS) is 18.6. The Balaban J connectivity index is 1.83. The van der Waals surface area contributed by atoms with Crippen LogP contribution in [0.3, 0.4) is 0 Å². The average molecular weight is 438 g/mol. The van der Waals surface area contributed by atoms with Crippen molar-refractivity contribution < 1.29 is 22.7 Å². The van der Waals surface area contributed by atoms with Gasteiger partial charge in [0.2, 0.25) is 10.0 Å². The highest BCUT2D eigenvalue weighted by molar-refractivity contribution is 7.89. The molecule has 9 heteroatoms. The summed E-state index contributed by atoms with van der Waals surface area (Å²) in [6.45, 7) is 3.12. The van der Waals surface area contributed by atoms with Crippen molar-refractivity contribution in [1.29, 1.82) is 0 Å². The molecule has 0 bridgehead atoms. The molecule has 1 atom stereocenters. The van der Waals surface area contributed by atoms with E-state index < -0.39 is 22.1 Å². The molecule has 1 aromatic rings. The Morgan fingerprint density at radius 2 is 1.77 bits per heavy atom. The molecule has 2 fully saturated rings. The Labute approximate surface area is 178 Å². The van der Waals surface area contributed by atoms with Gasteiger partial charge in [0.05, 0.1) is 16.1 Å². The zero-order valence-electron chi connectivity index (χ0n) is 17.9. The molecule has 166 valence electrons. The molecule has 1 unspecified atom stereocenters. The zero-order valence-corrected chi connectivity index (χ0v) is 18.7. The van der Waals surface area contributed by atoms with E-state index in [1.165, 1.54) is 33.2 Å². The largest absolute Gasteiger partial charge is 0.449 e. The molecule has 1 N–H and O–H groups in total. The molecule has 1 aromatic carbocycles. The summed E-state index contributed by atoms with van der Waals surface area (Å²) in [6, 6.07) is 4.65. The van der Waals surface area contributed by atoms with Crippen LogP contribution in [0.2, 0.25) is 0 Å². The van der Waals surface area contributed by atoms with Crippen molar-refractivity contribution in [2.45, 2.75) is 62.5 Å². The fourth-order valence-electron chi connectivity index (χ4n) is 3.95. The summed E-state index contributed by atoms with van der Waals surface area (Å²) in [7, 11) is -0.823. The summed E-state index contributed by atoms with van der Waals surface area (Å²) in [6.07, 6.45) is 5.11. The van der Waals surface area contributed by atoms with Crippen LogP contribution in [0, 0.1) is 0 Å². The summed E-state index contributed by atoms with van der Waals surface area (Å²) < 4.78 is 31.7. The van der Waals surface area contributed by atoms with Crippen LogP contribution in [0.1, 0.15) is 55.8 Å². The fraction of sp³-hybridized carbons (Fsp3) is 0.619. The van der Waals surface area contributed by atoms with E-state index in [0.29, 0.717) is 5.69 Å². The lowest BCUT2D eigenvalue weighted by Gasteiger charge is -2.23. The Kier molecular flexibility index (Phi) is 7.02. The maximum Gasteiger partial charge on any atom is 0.341 e. The predicted octanol–water partition coefficient (Wildman–Crippen LogP) is 2.14. The third-order valence-electron chi connectivity index (χ3n) is 5.77. The van der Waals surface area contributed by atoms with E-state index in [2.05, 4.69) is 5.32 Å². The summed E-state index contributed by atoms with van der Waals surface area (Å²) in [5.41, 5.74) is 0.805. The summed E-state index contributed by atoms with van der Waals surface area (Å²) >= 11 is 0. The Morgan fingerprint density at radius 1 is 1.13 bits per heavy atom. The molecule has 30 heavy (non-hydrogen) atoms. The average Bonchev–Trinajstić information content (AvgIpc) is 3.41. The first-order chi connectivity index (χ1) is 14.2. The van der Waals surface area contributed by atoms with Crippen LogP contribution in [-0.4, -0.2) is 63.9 Å². The molecule has 1 heterocycles. The Bertz CT molecular complexity index is 888. The first-order valence-electron chi connectivity index (χ1n) is 10.5. The highest BCUT2D eigenvalue weighted by atomic mass is 32.2. The van der Waals surface area contributed by atoms with Gasteiger partial charge in [0.15, 0.2) is 6.10 Å². The second kappa shape index (κ2) is 9.34. The monoisotopic (exact) mass is 437 g/mol. The minimum Gasteiger partial charge on any atom is -0.449 e. The molecule has 1 amide bonds. The smallest absolute Gasteiger partial charge is 0.341 e. The van der Waals surface area contributed by atoms with Gasteiger partial charge < -0.3 is 15.0 Å². The van der Waals surface area contributed by atoms with Gasteiger partial charge in [0.1, 0.15) is 0 Å². The first kappa shape index (κ1) is 22.6. The van der Waals surface area contributed by atoms with Gasteiger partial charge in [-0.1, -0.05) is 12.8 Å². The maximum atomic E-state index is 13.0. The number of nitrogens with zero attached hydrogens (tertiary/aromatic N) is 2. The molecule has 1 aliphatic heterocycles. The maximum absolute atomic E-state index is 13.0. The van der Waals surface area contributed by atoms with Crippen molar-refractivity contribution in [3.63, 3.8) is 0 Å². The number of esters is 1. The number of carbonyl (C=O) groups excluding carboxylic acids is 2. The zero-order chi connectivity index (χ0) is 21.9. The summed E-state index contributed by atoms with van der Waals surface area (Å²) in [5, 5.41) is 2.93. The summed E-state index contributed by atoms with van der Waals surface area (Å²) in [5.74, 6) is -1.02. The molecule has 1 saturated heterocycles. The van der Waals surface area contributed by atoms with Crippen molar-refractivity contribution in [3.8, 4) is 0 Å². The molecule has 8 nitrogen and oxygen atoms in total. The van der Waals surface area contributed by atoms with Crippen molar-refractivity contribution in [3.05, 3.63) is 23.8 Å². The van der Waals surface area contributed by atoms with Crippen LogP contribution in [0.25, 0.3) is 0 Å². The van der Waals surface area contributed by atoms with Gasteiger partial charge in [-0.05, 0) is 50.8 Å². The van der Waals surface area contributed by atoms with Gasteiger partial charge in [-0.25, -0.2) is 17.5 Å². The van der Waals surface area contributed by atoms with Gasteiger partial charge in [0, 0.05) is 33.2 Å². The van der Waals surface area contributed by atoms with Crippen LogP contribution in [0.4, 0.5) is 5.69 Å². The second-order valence-corrected chi connectivity index (χ2v) is 10.3. The quantitative estimate of drug-likeness (QED) is 0.657. The van der Waals surface area contributed by atoms with Crippen molar-refractivity contribution in [2.24, 2.45) is 0 Å². The van der Waals surface area contributed by atoms with E-state index in [-0.39, 0.29) is 22.4 Å². The molecule has 0 aromatic heterocycles. The second-order valence-electron chi connectivity index (χ2n) is 8.20. The van der Waals surface area contributed by atoms with Crippen LogP contribution in [0.5, 0.6) is 0 Å². The fourth-order valence-corrected chi connectivity index (χ4v) is 4.88. The third kappa shape index (κ3) is 4.95. The van der Waals surface area contributed by atoms with Gasteiger partial charge >= 0.3 is 5.97 Å². The molecular weight excluding hydrogens is 406 g/mol. The number of hydrogen-bond acceptors (Lipinski definition) is 6. The topological polar surface area (TPSA) is 96.0 Å². The van der Waals surface area contributed by atoms with Crippen LogP contribution in [0.15, 0.2) is 23.1 Å². The van der Waals surface area contributed by atoms with Crippen LogP contribution < -0.4 is 10.2 Å². The van der Waals surface area contributed by atoms with E-state index >= 15 is 0 Å². The molecular formula is C21H31N3O5S. The van der Waals surface area contributed by atoms with Crippen molar-refractivity contribution >= 4 is 27.6 Å². The number of ether oxygens (including phenoxy) is 1. The molecule has 0 spiro atoms. The molecule has 1 saturated carbocycles. The third-order valence-corrected chi connectivity index (χ3v) is 7.58. The lowest BCUT2D eigenvalue weighted by atomic mass is 10.1. The number of benzene rings is 1. The first-order valence-corrected chi connectivity index (χ1v) is 12.0. The van der Waals surface area contributed by atoms with Gasteiger partial charge in [0.25, 0.3) is 5.91 Å². The van der Waals surface area contributed by atoms with Gasteiger partial charge in [-0.15, -0.1) is 0 Å². The highest BCUT2D eigenvalue weighted by Crippen LogP contribution is 2.29. The minimum absolute atomic E-state index is 0.0189. The SMILES string of the molecule is CC(OC(=O)c1cc(S(=O)(=O)N(C)C)ccc1N1CCCC1)C(=O)NC1CCCC1. The van der Waals surface area contributed by atoms with Crippen LogP contribution >= 0.6 is 0 Å². The number of nitrogens with one attached hydrogen (secondary N) is 1.